The summed E-state index contributed by atoms with van der Waals surface area (Å²) in [4.78, 5) is 6.97. The van der Waals surface area contributed by atoms with Crippen molar-refractivity contribution in [2.75, 3.05) is 13.1 Å². The van der Waals surface area contributed by atoms with Crippen molar-refractivity contribution in [2.24, 2.45) is 10.9 Å². The van der Waals surface area contributed by atoms with Crippen LogP contribution in [0.15, 0.2) is 28.5 Å². The highest BCUT2D eigenvalue weighted by Crippen LogP contribution is 2.20. The zero-order valence-electron chi connectivity index (χ0n) is 10.4. The Hall–Kier alpha value is -1.05. The number of allylic oxidation sites excluding steroid dienone is 3. The lowest BCUT2D eigenvalue weighted by atomic mass is 10.0. The summed E-state index contributed by atoms with van der Waals surface area (Å²) in [5.41, 5.74) is 1.51. The Morgan fingerprint density at radius 2 is 2.00 bits per heavy atom. The lowest BCUT2D eigenvalue weighted by Gasteiger charge is -2.16. The average molecular weight is 218 g/mol. The molecule has 0 atom stereocenters. The van der Waals surface area contributed by atoms with Crippen LogP contribution in [-0.4, -0.2) is 24.2 Å². The molecule has 16 heavy (non-hydrogen) atoms. The molecule has 1 fully saturated rings. The van der Waals surface area contributed by atoms with Crippen LogP contribution in [0.25, 0.3) is 0 Å². The molecular weight excluding hydrogens is 196 g/mol. The molecule has 2 heterocycles. The van der Waals surface area contributed by atoms with Gasteiger partial charge in [0.05, 0.1) is 0 Å². The number of likely N-dealkylation sites (tertiary alicyclic amines) is 1. The van der Waals surface area contributed by atoms with Gasteiger partial charge in [0, 0.05) is 25.7 Å². The van der Waals surface area contributed by atoms with Crippen LogP contribution in [0, 0.1) is 5.92 Å². The number of rotatable bonds is 3. The number of aliphatic imine (C=N–C) groups is 1. The molecule has 0 N–H and O–H groups in total. The molecule has 2 nitrogen and oxygen atoms in total. The average Bonchev–Trinajstić information content (AvgIpc) is 2.66. The van der Waals surface area contributed by atoms with E-state index in [-0.39, 0.29) is 0 Å². The molecule has 0 saturated carbocycles. The van der Waals surface area contributed by atoms with Gasteiger partial charge in [-0.2, -0.15) is 0 Å². The van der Waals surface area contributed by atoms with E-state index < -0.39 is 0 Å². The van der Waals surface area contributed by atoms with Crippen molar-refractivity contribution < 1.29 is 0 Å². The molecule has 0 radical (unpaired) electrons. The summed E-state index contributed by atoms with van der Waals surface area (Å²) in [5, 5.41) is 0. The van der Waals surface area contributed by atoms with Crippen molar-refractivity contribution in [1.82, 2.24) is 4.90 Å². The molecule has 2 aliphatic rings. The van der Waals surface area contributed by atoms with Gasteiger partial charge in [0.25, 0.3) is 0 Å². The van der Waals surface area contributed by atoms with Crippen LogP contribution in [0.2, 0.25) is 0 Å². The fourth-order valence-electron chi connectivity index (χ4n) is 2.37. The van der Waals surface area contributed by atoms with E-state index in [1.165, 1.54) is 37.9 Å². The lowest BCUT2D eigenvalue weighted by Crippen LogP contribution is -2.16. The van der Waals surface area contributed by atoms with Gasteiger partial charge in [-0.3, -0.25) is 0 Å². The summed E-state index contributed by atoms with van der Waals surface area (Å²) >= 11 is 0. The van der Waals surface area contributed by atoms with E-state index in [4.69, 9.17) is 0 Å². The first-order chi connectivity index (χ1) is 7.75. The molecule has 0 spiro atoms. The Balaban J connectivity index is 2.04. The molecule has 1 saturated heterocycles. The first-order valence-electron chi connectivity index (χ1n) is 6.43. The molecule has 2 aliphatic heterocycles. The Morgan fingerprint density at radius 1 is 1.25 bits per heavy atom. The highest BCUT2D eigenvalue weighted by atomic mass is 15.2. The van der Waals surface area contributed by atoms with Gasteiger partial charge in [-0.25, -0.2) is 4.99 Å². The van der Waals surface area contributed by atoms with E-state index in [9.17, 15) is 0 Å². The molecule has 2 rings (SSSR count). The van der Waals surface area contributed by atoms with E-state index in [1.54, 1.807) is 0 Å². The van der Waals surface area contributed by atoms with E-state index >= 15 is 0 Å². The Morgan fingerprint density at radius 3 is 2.69 bits per heavy atom. The van der Waals surface area contributed by atoms with Gasteiger partial charge in [0.1, 0.15) is 5.82 Å². The van der Waals surface area contributed by atoms with Crippen LogP contribution < -0.4 is 0 Å². The van der Waals surface area contributed by atoms with Gasteiger partial charge in [-0.05, 0) is 31.3 Å². The van der Waals surface area contributed by atoms with Crippen molar-refractivity contribution in [1.29, 1.82) is 0 Å². The molecule has 0 unspecified atom stereocenters. The maximum atomic E-state index is 4.57. The van der Waals surface area contributed by atoms with Gasteiger partial charge in [0.2, 0.25) is 0 Å². The van der Waals surface area contributed by atoms with Crippen LogP contribution in [0.5, 0.6) is 0 Å². The second-order valence-corrected chi connectivity index (χ2v) is 5.16. The molecule has 0 amide bonds. The third-order valence-electron chi connectivity index (χ3n) is 3.15. The zero-order chi connectivity index (χ0) is 11.4. The summed E-state index contributed by atoms with van der Waals surface area (Å²) in [6, 6.07) is 0. The SMILES string of the molecule is CC(C)CC1=CC=C(N2CCCC2)N=CC1. The van der Waals surface area contributed by atoms with Gasteiger partial charge in [-0.1, -0.05) is 25.5 Å². The van der Waals surface area contributed by atoms with Gasteiger partial charge < -0.3 is 4.90 Å². The molecule has 88 valence electrons. The predicted octanol–water partition coefficient (Wildman–Crippen LogP) is 3.37. The van der Waals surface area contributed by atoms with Crippen molar-refractivity contribution >= 4 is 6.21 Å². The van der Waals surface area contributed by atoms with Crippen molar-refractivity contribution in [3.63, 3.8) is 0 Å². The molecule has 2 heteroatoms. The summed E-state index contributed by atoms with van der Waals surface area (Å²) in [6.07, 6.45) is 11.4. The maximum absolute atomic E-state index is 4.57. The summed E-state index contributed by atoms with van der Waals surface area (Å²) < 4.78 is 0. The first kappa shape index (κ1) is 11.4. The molecule has 0 aliphatic carbocycles. The highest BCUT2D eigenvalue weighted by Gasteiger charge is 2.14. The van der Waals surface area contributed by atoms with Crippen LogP contribution in [-0.2, 0) is 0 Å². The van der Waals surface area contributed by atoms with Crippen molar-refractivity contribution in [3.05, 3.63) is 23.5 Å². The number of hydrogen-bond acceptors (Lipinski definition) is 2. The predicted molar refractivity (Wildman–Crippen MR) is 69.5 cm³/mol. The molecular formula is C14H22N2. The number of nitrogens with zero attached hydrogens (tertiary/aromatic N) is 2. The fourth-order valence-corrected chi connectivity index (χ4v) is 2.37. The van der Waals surface area contributed by atoms with E-state index in [0.717, 1.165) is 18.2 Å². The standard InChI is InChI=1S/C14H22N2/c1-12(2)11-13-5-6-14(15-8-7-13)16-9-3-4-10-16/h5-6,8,12H,3-4,7,9-11H2,1-2H3. The quantitative estimate of drug-likeness (QED) is 0.709. The molecule has 0 aromatic carbocycles. The third-order valence-corrected chi connectivity index (χ3v) is 3.15. The zero-order valence-corrected chi connectivity index (χ0v) is 10.4. The van der Waals surface area contributed by atoms with E-state index in [2.05, 4.69) is 42.1 Å². The molecule has 0 bridgehead atoms. The smallest absolute Gasteiger partial charge is 0.128 e. The van der Waals surface area contributed by atoms with Crippen molar-refractivity contribution in [3.8, 4) is 0 Å². The van der Waals surface area contributed by atoms with E-state index in [1.807, 2.05) is 0 Å². The number of hydrogen-bond donors (Lipinski definition) is 0. The Kier molecular flexibility index (Phi) is 3.81. The maximum Gasteiger partial charge on any atom is 0.128 e. The van der Waals surface area contributed by atoms with Crippen molar-refractivity contribution in [2.45, 2.75) is 39.5 Å². The van der Waals surface area contributed by atoms with Gasteiger partial charge >= 0.3 is 0 Å². The van der Waals surface area contributed by atoms with E-state index in [0.29, 0.717) is 0 Å². The van der Waals surface area contributed by atoms with Gasteiger partial charge in [0.15, 0.2) is 0 Å². The lowest BCUT2D eigenvalue weighted by molar-refractivity contribution is 0.423. The summed E-state index contributed by atoms with van der Waals surface area (Å²) in [5.74, 6) is 1.90. The highest BCUT2D eigenvalue weighted by molar-refractivity contribution is 5.64. The molecule has 0 aromatic rings. The van der Waals surface area contributed by atoms with Crippen LogP contribution in [0.1, 0.15) is 39.5 Å². The fraction of sp³-hybridized carbons (Fsp3) is 0.643. The monoisotopic (exact) mass is 218 g/mol. The van der Waals surface area contributed by atoms with Crippen LogP contribution in [0.4, 0.5) is 0 Å². The Labute approximate surface area is 98.7 Å². The second kappa shape index (κ2) is 5.33. The summed E-state index contributed by atoms with van der Waals surface area (Å²) in [6.45, 7) is 6.90. The minimum Gasteiger partial charge on any atom is -0.357 e. The minimum absolute atomic E-state index is 0.737. The minimum atomic E-state index is 0.737. The molecule has 0 aromatic heterocycles. The largest absolute Gasteiger partial charge is 0.357 e. The first-order valence-corrected chi connectivity index (χ1v) is 6.43. The van der Waals surface area contributed by atoms with Crippen LogP contribution in [0.3, 0.4) is 0 Å². The third kappa shape index (κ3) is 2.97. The summed E-state index contributed by atoms with van der Waals surface area (Å²) in [7, 11) is 0. The normalized spacial score (nSPS) is 21.1. The van der Waals surface area contributed by atoms with Crippen LogP contribution >= 0.6 is 0 Å². The topological polar surface area (TPSA) is 15.6 Å². The second-order valence-electron chi connectivity index (χ2n) is 5.16. The van der Waals surface area contributed by atoms with Gasteiger partial charge in [-0.15, -0.1) is 0 Å². The Bertz CT molecular complexity index is 318.